The van der Waals surface area contributed by atoms with E-state index in [4.69, 9.17) is 9.77 Å². The van der Waals surface area contributed by atoms with Gasteiger partial charge in [-0.1, -0.05) is 12.1 Å². The molecule has 0 spiro atoms. The topological polar surface area (TPSA) is 119 Å². The van der Waals surface area contributed by atoms with Crippen LogP contribution in [0.4, 0.5) is 0 Å². The van der Waals surface area contributed by atoms with Gasteiger partial charge in [-0.3, -0.25) is 4.79 Å². The summed E-state index contributed by atoms with van der Waals surface area (Å²) in [5.74, 6) is -0.427. The number of sulfonamides is 1. The van der Waals surface area contributed by atoms with Gasteiger partial charge < -0.3 is 4.90 Å². The van der Waals surface area contributed by atoms with E-state index in [1.165, 1.54) is 0 Å². The van der Waals surface area contributed by atoms with Crippen molar-refractivity contribution in [2.45, 2.75) is 12.8 Å². The predicted octanol–water partition coefficient (Wildman–Crippen LogP) is -0.0977. The zero-order valence-electron chi connectivity index (χ0n) is 11.8. The molecule has 0 radical (unpaired) electrons. The zero-order valence-corrected chi connectivity index (χ0v) is 12.6. The number of carbonyl (C=O) groups excluding carboxylic acids is 1. The zero-order chi connectivity index (χ0) is 15.7. The Morgan fingerprint density at radius 3 is 2.95 bits per heavy atom. The van der Waals surface area contributed by atoms with E-state index in [-0.39, 0.29) is 24.0 Å². The minimum atomic E-state index is -3.55. The molecule has 1 aromatic carbocycles. The summed E-state index contributed by atoms with van der Waals surface area (Å²) in [5, 5.41) is 12.7. The van der Waals surface area contributed by atoms with Crippen LogP contribution in [0.1, 0.15) is 12.0 Å². The van der Waals surface area contributed by atoms with Gasteiger partial charge in [0.15, 0.2) is 0 Å². The number of hydrogen-bond donors (Lipinski definition) is 1. The summed E-state index contributed by atoms with van der Waals surface area (Å²) in [6.45, 7) is 0.925. The number of fused-ring (bicyclic) bond motifs is 1. The first-order chi connectivity index (χ1) is 10.4. The summed E-state index contributed by atoms with van der Waals surface area (Å²) in [5.41, 5.74) is 2.31. The summed E-state index contributed by atoms with van der Waals surface area (Å²) in [6, 6.07) is 5.57. The van der Waals surface area contributed by atoms with Crippen LogP contribution < -0.4 is 5.14 Å². The molecule has 1 amide bonds. The van der Waals surface area contributed by atoms with Crippen LogP contribution in [-0.2, 0) is 21.2 Å². The molecule has 2 aromatic rings. The molecule has 8 nitrogen and oxygen atoms in total. The van der Waals surface area contributed by atoms with Crippen LogP contribution in [0.15, 0.2) is 22.8 Å². The molecule has 0 saturated carbocycles. The average Bonchev–Trinajstić information content (AvgIpc) is 3.01. The van der Waals surface area contributed by atoms with Crippen LogP contribution in [0, 0.1) is 5.92 Å². The molecule has 1 atom stereocenters. The van der Waals surface area contributed by atoms with Crippen molar-refractivity contribution in [2.24, 2.45) is 11.1 Å². The fourth-order valence-electron chi connectivity index (χ4n) is 2.83. The van der Waals surface area contributed by atoms with Gasteiger partial charge in [-0.2, -0.15) is 0 Å². The highest BCUT2D eigenvalue weighted by Crippen LogP contribution is 2.21. The van der Waals surface area contributed by atoms with Gasteiger partial charge in [0, 0.05) is 25.4 Å². The number of nitrogens with two attached hydrogens (primary N) is 1. The van der Waals surface area contributed by atoms with E-state index in [1.807, 2.05) is 12.1 Å². The second-order valence-electron chi connectivity index (χ2n) is 5.54. The molecule has 1 unspecified atom stereocenters. The van der Waals surface area contributed by atoms with Crippen molar-refractivity contribution < 1.29 is 17.8 Å². The fraction of sp³-hybridized carbons (Fsp3) is 0.462. The average molecular weight is 324 g/mol. The molecule has 1 fully saturated rings. The third-order valence-electron chi connectivity index (χ3n) is 3.78. The summed E-state index contributed by atoms with van der Waals surface area (Å²) in [7, 11) is -3.55. The molecule has 9 heteroatoms. The second kappa shape index (κ2) is 5.65. The number of rotatable bonds is 5. The Bertz CT molecular complexity index is 801. The quantitative estimate of drug-likeness (QED) is 0.820. The normalized spacial score (nSPS) is 19.2. The smallest absolute Gasteiger partial charge is 0.222 e. The van der Waals surface area contributed by atoms with Gasteiger partial charge in [0.25, 0.3) is 0 Å². The molecule has 0 bridgehead atoms. The van der Waals surface area contributed by atoms with Crippen molar-refractivity contribution in [1.82, 2.24) is 15.2 Å². The maximum absolute atomic E-state index is 11.9. The third kappa shape index (κ3) is 3.25. The Morgan fingerprint density at radius 2 is 2.18 bits per heavy atom. The molecular formula is C13H16N4O4S. The van der Waals surface area contributed by atoms with Crippen molar-refractivity contribution in [3.63, 3.8) is 0 Å². The first-order valence-electron chi connectivity index (χ1n) is 6.91. The first-order valence-corrected chi connectivity index (χ1v) is 8.62. The van der Waals surface area contributed by atoms with Crippen LogP contribution >= 0.6 is 0 Å². The van der Waals surface area contributed by atoms with Gasteiger partial charge in [0.2, 0.25) is 15.9 Å². The molecule has 2 heterocycles. The lowest BCUT2D eigenvalue weighted by molar-refractivity contribution is -0.127. The van der Waals surface area contributed by atoms with Gasteiger partial charge >= 0.3 is 0 Å². The maximum atomic E-state index is 11.9. The van der Waals surface area contributed by atoms with Crippen molar-refractivity contribution in [2.75, 3.05) is 18.8 Å². The molecule has 1 saturated heterocycles. The summed E-state index contributed by atoms with van der Waals surface area (Å²) in [6.07, 6.45) is 0.839. The minimum Gasteiger partial charge on any atom is -0.342 e. The fourth-order valence-corrected chi connectivity index (χ4v) is 3.71. The first kappa shape index (κ1) is 14.9. The summed E-state index contributed by atoms with van der Waals surface area (Å²) < 4.78 is 26.9. The van der Waals surface area contributed by atoms with Crippen LogP contribution in [-0.4, -0.2) is 48.4 Å². The third-order valence-corrected chi connectivity index (χ3v) is 4.72. The van der Waals surface area contributed by atoms with Gasteiger partial charge in [-0.05, 0) is 28.4 Å². The minimum absolute atomic E-state index is 0.0425. The molecule has 1 aliphatic heterocycles. The molecule has 0 aliphatic carbocycles. The van der Waals surface area contributed by atoms with Crippen LogP contribution in [0.3, 0.4) is 0 Å². The Kier molecular flexibility index (Phi) is 3.83. The van der Waals surface area contributed by atoms with E-state index >= 15 is 0 Å². The van der Waals surface area contributed by atoms with E-state index in [1.54, 1.807) is 11.0 Å². The molecule has 1 aromatic heterocycles. The summed E-state index contributed by atoms with van der Waals surface area (Å²) >= 11 is 0. The maximum Gasteiger partial charge on any atom is 0.222 e. The standard InChI is InChI=1S/C13H16N4O4S/c14-22(19,20)8-9-6-12(18)17(7-9)5-4-10-2-1-3-11-13(10)16-21-15-11/h1-3,9H,4-8H2,(H2,14,19,20). The van der Waals surface area contributed by atoms with Crippen molar-refractivity contribution in [3.8, 4) is 0 Å². The van der Waals surface area contributed by atoms with Gasteiger partial charge in [0.05, 0.1) is 5.75 Å². The molecule has 2 N–H and O–H groups in total. The van der Waals surface area contributed by atoms with E-state index in [0.717, 1.165) is 5.56 Å². The SMILES string of the molecule is NS(=O)(=O)CC1CC(=O)N(CCc2cccc3nonc23)C1. The van der Waals surface area contributed by atoms with Crippen LogP contribution in [0.25, 0.3) is 11.0 Å². The Hall–Kier alpha value is -2.00. The number of likely N-dealkylation sites (tertiary alicyclic amines) is 1. The van der Waals surface area contributed by atoms with Crippen LogP contribution in [0.2, 0.25) is 0 Å². The largest absolute Gasteiger partial charge is 0.342 e. The lowest BCUT2D eigenvalue weighted by atomic mass is 10.1. The summed E-state index contributed by atoms with van der Waals surface area (Å²) in [4.78, 5) is 13.6. The van der Waals surface area contributed by atoms with Gasteiger partial charge in [0.1, 0.15) is 11.0 Å². The Labute approximate surface area is 127 Å². The number of amides is 1. The van der Waals surface area contributed by atoms with E-state index in [9.17, 15) is 13.2 Å². The van der Waals surface area contributed by atoms with E-state index in [2.05, 4.69) is 10.3 Å². The highest BCUT2D eigenvalue weighted by molar-refractivity contribution is 7.89. The Morgan fingerprint density at radius 1 is 1.36 bits per heavy atom. The molecule has 3 rings (SSSR count). The number of benzene rings is 1. The van der Waals surface area contributed by atoms with Crippen molar-refractivity contribution in [1.29, 1.82) is 0 Å². The number of carbonyl (C=O) groups is 1. The predicted molar refractivity (Wildman–Crippen MR) is 78.2 cm³/mol. The van der Waals surface area contributed by atoms with Gasteiger partial charge in [-0.15, -0.1) is 0 Å². The molecule has 22 heavy (non-hydrogen) atoms. The van der Waals surface area contributed by atoms with Gasteiger partial charge in [-0.25, -0.2) is 18.2 Å². The van der Waals surface area contributed by atoms with Crippen molar-refractivity contribution in [3.05, 3.63) is 23.8 Å². The lowest BCUT2D eigenvalue weighted by Crippen LogP contribution is -2.29. The van der Waals surface area contributed by atoms with E-state index in [0.29, 0.717) is 30.5 Å². The van der Waals surface area contributed by atoms with E-state index < -0.39 is 10.0 Å². The highest BCUT2D eigenvalue weighted by Gasteiger charge is 2.31. The monoisotopic (exact) mass is 324 g/mol. The number of hydrogen-bond acceptors (Lipinski definition) is 6. The second-order valence-corrected chi connectivity index (χ2v) is 7.20. The molecule has 1 aliphatic rings. The molecule has 118 valence electrons. The van der Waals surface area contributed by atoms with Crippen LogP contribution in [0.5, 0.6) is 0 Å². The number of aromatic nitrogens is 2. The highest BCUT2D eigenvalue weighted by atomic mass is 32.2. The van der Waals surface area contributed by atoms with Crippen molar-refractivity contribution >= 4 is 27.0 Å². The molecular weight excluding hydrogens is 308 g/mol. The number of primary sulfonamides is 1. The Balaban J connectivity index is 1.64. The lowest BCUT2D eigenvalue weighted by Gasteiger charge is -2.16. The number of nitrogens with zero attached hydrogens (tertiary/aromatic N) is 3.